The Balaban J connectivity index is 2.10. The molecule has 3 atom stereocenters. The Morgan fingerprint density at radius 2 is 2.08 bits per heavy atom. The zero-order valence-electron chi connectivity index (χ0n) is 14.5. The van der Waals surface area contributed by atoms with Crippen LogP contribution in [-0.4, -0.2) is 32.2 Å². The summed E-state index contributed by atoms with van der Waals surface area (Å²) in [5, 5.41) is 10.9. The van der Waals surface area contributed by atoms with Gasteiger partial charge < -0.3 is 19.3 Å². The molecule has 128 valence electrons. The zero-order valence-corrected chi connectivity index (χ0v) is 14.5. The highest BCUT2D eigenvalue weighted by atomic mass is 16.7. The molecule has 0 aliphatic heterocycles. The maximum atomic E-state index is 10.9. The molecule has 0 amide bonds. The minimum atomic E-state index is -0.535. The van der Waals surface area contributed by atoms with Crippen LogP contribution in [0.3, 0.4) is 0 Å². The first-order valence-electron chi connectivity index (χ1n) is 8.34. The summed E-state index contributed by atoms with van der Waals surface area (Å²) in [4.78, 5) is 0. The van der Waals surface area contributed by atoms with Crippen LogP contribution in [0.25, 0.3) is 5.57 Å². The highest BCUT2D eigenvalue weighted by Gasteiger charge is 2.43. The van der Waals surface area contributed by atoms with Crippen LogP contribution in [0.15, 0.2) is 24.0 Å². The molecule has 4 nitrogen and oxygen atoms in total. The first-order valence-corrected chi connectivity index (χ1v) is 8.34. The number of fused-ring (bicyclic) bond motifs is 2. The average Bonchev–Trinajstić information content (AvgIpc) is 3.04. The molecule has 1 saturated carbocycles. The predicted octanol–water partition coefficient (Wildman–Crippen LogP) is 3.19. The van der Waals surface area contributed by atoms with Crippen molar-refractivity contribution < 1.29 is 19.3 Å². The van der Waals surface area contributed by atoms with E-state index in [9.17, 15) is 5.11 Å². The van der Waals surface area contributed by atoms with Crippen LogP contribution in [0.1, 0.15) is 37.3 Å². The summed E-state index contributed by atoms with van der Waals surface area (Å²) in [6.07, 6.45) is 2.52. The van der Waals surface area contributed by atoms with Crippen molar-refractivity contribution in [2.75, 3.05) is 21.0 Å². The van der Waals surface area contributed by atoms with Crippen molar-refractivity contribution in [1.29, 1.82) is 0 Å². The Morgan fingerprint density at radius 3 is 2.79 bits per heavy atom. The standard InChI is InChI=1S/C20H24O4/c1-4-5-13-6-9-16(17(10-13)23-3)18-19(21)14-7-8-15(11-14)20(18)24-12-22-2/h6,9-10,14-15,19,21H,7-8,11-12H2,1-3H3. The number of benzene rings is 1. The zero-order chi connectivity index (χ0) is 17.1. The maximum absolute atomic E-state index is 10.9. The molecule has 2 aliphatic carbocycles. The quantitative estimate of drug-likeness (QED) is 0.666. The molecule has 3 unspecified atom stereocenters. The van der Waals surface area contributed by atoms with Gasteiger partial charge in [0.1, 0.15) is 11.5 Å². The smallest absolute Gasteiger partial charge is 0.188 e. The van der Waals surface area contributed by atoms with Gasteiger partial charge in [-0.3, -0.25) is 0 Å². The van der Waals surface area contributed by atoms with Gasteiger partial charge in [-0.25, -0.2) is 0 Å². The Bertz CT molecular complexity index is 695. The van der Waals surface area contributed by atoms with Crippen molar-refractivity contribution in [1.82, 2.24) is 0 Å². The van der Waals surface area contributed by atoms with Crippen molar-refractivity contribution in [3.8, 4) is 17.6 Å². The van der Waals surface area contributed by atoms with Gasteiger partial charge in [0.25, 0.3) is 0 Å². The summed E-state index contributed by atoms with van der Waals surface area (Å²) >= 11 is 0. The van der Waals surface area contributed by atoms with Gasteiger partial charge in [0.15, 0.2) is 6.79 Å². The van der Waals surface area contributed by atoms with E-state index in [1.807, 2.05) is 25.1 Å². The van der Waals surface area contributed by atoms with Crippen LogP contribution in [0.4, 0.5) is 0 Å². The molecule has 0 aromatic heterocycles. The summed E-state index contributed by atoms with van der Waals surface area (Å²) < 4.78 is 16.6. The lowest BCUT2D eigenvalue weighted by Crippen LogP contribution is -2.27. The monoisotopic (exact) mass is 328 g/mol. The van der Waals surface area contributed by atoms with E-state index in [1.54, 1.807) is 14.2 Å². The lowest BCUT2D eigenvalue weighted by Gasteiger charge is -2.31. The van der Waals surface area contributed by atoms with E-state index in [0.29, 0.717) is 17.6 Å². The molecule has 1 aromatic rings. The molecule has 24 heavy (non-hydrogen) atoms. The van der Waals surface area contributed by atoms with E-state index in [4.69, 9.17) is 14.2 Å². The molecule has 0 saturated heterocycles. The SMILES string of the molecule is CC#Cc1ccc(C2=C(OCOC)C3CCC(C3)C2O)c(OC)c1. The predicted molar refractivity (Wildman–Crippen MR) is 92.3 cm³/mol. The topological polar surface area (TPSA) is 47.9 Å². The van der Waals surface area contributed by atoms with E-state index in [-0.39, 0.29) is 6.79 Å². The molecule has 2 aliphatic rings. The second kappa shape index (κ2) is 7.29. The Kier molecular flexibility index (Phi) is 5.13. The number of aliphatic hydroxyl groups excluding tert-OH is 1. The minimum absolute atomic E-state index is 0.189. The molecule has 0 spiro atoms. The molecule has 3 rings (SSSR count). The number of allylic oxidation sites excluding steroid dienone is 1. The minimum Gasteiger partial charge on any atom is -0.496 e. The van der Waals surface area contributed by atoms with Crippen LogP contribution in [-0.2, 0) is 9.47 Å². The van der Waals surface area contributed by atoms with Gasteiger partial charge >= 0.3 is 0 Å². The van der Waals surface area contributed by atoms with E-state index >= 15 is 0 Å². The van der Waals surface area contributed by atoms with E-state index in [0.717, 1.165) is 41.7 Å². The fraction of sp³-hybridized carbons (Fsp3) is 0.500. The fourth-order valence-electron chi connectivity index (χ4n) is 3.89. The highest BCUT2D eigenvalue weighted by molar-refractivity contribution is 5.77. The van der Waals surface area contributed by atoms with Crippen LogP contribution in [0, 0.1) is 23.7 Å². The van der Waals surface area contributed by atoms with Gasteiger partial charge in [-0.05, 0) is 50.3 Å². The van der Waals surface area contributed by atoms with Crippen molar-refractivity contribution in [3.05, 3.63) is 35.1 Å². The molecular formula is C20H24O4. The molecule has 1 aromatic carbocycles. The first kappa shape index (κ1) is 16.9. The second-order valence-electron chi connectivity index (χ2n) is 6.33. The van der Waals surface area contributed by atoms with Gasteiger partial charge in [0.05, 0.1) is 13.2 Å². The molecule has 1 fully saturated rings. The second-order valence-corrected chi connectivity index (χ2v) is 6.33. The van der Waals surface area contributed by atoms with Gasteiger partial charge in [0, 0.05) is 29.7 Å². The summed E-state index contributed by atoms with van der Waals surface area (Å²) in [6.45, 7) is 2.00. The van der Waals surface area contributed by atoms with Crippen molar-refractivity contribution in [2.45, 2.75) is 32.3 Å². The third-order valence-electron chi connectivity index (χ3n) is 4.95. The van der Waals surface area contributed by atoms with Crippen molar-refractivity contribution in [3.63, 3.8) is 0 Å². The molecule has 0 heterocycles. The lowest BCUT2D eigenvalue weighted by molar-refractivity contribution is -0.00859. The third kappa shape index (κ3) is 3.02. The van der Waals surface area contributed by atoms with E-state index in [1.165, 1.54) is 0 Å². The molecule has 0 radical (unpaired) electrons. The Hall–Kier alpha value is -1.96. The molecule has 4 heteroatoms. The number of ether oxygens (including phenoxy) is 3. The Morgan fingerprint density at radius 1 is 1.25 bits per heavy atom. The van der Waals surface area contributed by atoms with E-state index < -0.39 is 6.10 Å². The summed E-state index contributed by atoms with van der Waals surface area (Å²) in [7, 11) is 3.25. The number of rotatable bonds is 5. The lowest BCUT2D eigenvalue weighted by atomic mass is 9.81. The normalized spacial score (nSPS) is 25.2. The fourth-order valence-corrected chi connectivity index (χ4v) is 3.89. The van der Waals surface area contributed by atoms with Gasteiger partial charge in [0.2, 0.25) is 0 Å². The maximum Gasteiger partial charge on any atom is 0.188 e. The largest absolute Gasteiger partial charge is 0.496 e. The molecule has 2 bridgehead atoms. The third-order valence-corrected chi connectivity index (χ3v) is 4.95. The molecule has 1 N–H and O–H groups in total. The summed E-state index contributed by atoms with van der Waals surface area (Å²) in [6, 6.07) is 5.84. The number of hydrogen-bond donors (Lipinski definition) is 1. The highest BCUT2D eigenvalue weighted by Crippen LogP contribution is 2.50. The van der Waals surface area contributed by atoms with Crippen molar-refractivity contribution in [2.24, 2.45) is 11.8 Å². The van der Waals surface area contributed by atoms with Crippen LogP contribution < -0.4 is 4.74 Å². The average molecular weight is 328 g/mol. The number of hydrogen-bond acceptors (Lipinski definition) is 4. The van der Waals surface area contributed by atoms with Crippen molar-refractivity contribution >= 4 is 5.57 Å². The van der Waals surface area contributed by atoms with Gasteiger partial charge in [-0.1, -0.05) is 5.92 Å². The van der Waals surface area contributed by atoms with Crippen LogP contribution >= 0.6 is 0 Å². The Labute approximate surface area is 143 Å². The van der Waals surface area contributed by atoms with Crippen LogP contribution in [0.5, 0.6) is 5.75 Å². The summed E-state index contributed by atoms with van der Waals surface area (Å²) in [5.41, 5.74) is 2.62. The number of methoxy groups -OCH3 is 2. The van der Waals surface area contributed by atoms with Gasteiger partial charge in [-0.15, -0.1) is 5.92 Å². The van der Waals surface area contributed by atoms with Gasteiger partial charge in [-0.2, -0.15) is 0 Å². The first-order chi connectivity index (χ1) is 11.7. The van der Waals surface area contributed by atoms with Crippen LogP contribution in [0.2, 0.25) is 0 Å². The number of aliphatic hydroxyl groups is 1. The summed E-state index contributed by atoms with van der Waals surface area (Å²) in [5.74, 6) is 8.14. The molecular weight excluding hydrogens is 304 g/mol. The van der Waals surface area contributed by atoms with E-state index in [2.05, 4.69) is 11.8 Å².